The Balaban J connectivity index is 1.78. The zero-order valence-electron chi connectivity index (χ0n) is 10.5. The van der Waals surface area contributed by atoms with E-state index >= 15 is 0 Å². The fourth-order valence-electron chi connectivity index (χ4n) is 2.18. The maximum Gasteiger partial charge on any atom is 0.244 e. The minimum absolute atomic E-state index is 0.0447. The highest BCUT2D eigenvalue weighted by Gasteiger charge is 2.29. The standard InChI is InChI=1S/C13H15N3O3/c1-18-10-6-11(14-7-10)13-15-12(16-19-13)8-2-4-9(17)5-3-8/h2-5,10-11,14,17H,6-7H2,1H3/t10-,11+/m0/s1. The SMILES string of the molecule is CO[C@@H]1CN[C@@H](c2nc(-c3ccc(O)cc3)no2)C1. The van der Waals surface area contributed by atoms with Gasteiger partial charge in [-0.05, 0) is 30.7 Å². The molecule has 2 aromatic rings. The molecule has 0 radical (unpaired) electrons. The first-order valence-corrected chi connectivity index (χ1v) is 6.15. The second-order valence-electron chi connectivity index (χ2n) is 4.56. The van der Waals surface area contributed by atoms with Gasteiger partial charge in [-0.15, -0.1) is 0 Å². The number of nitrogens with one attached hydrogen (secondary N) is 1. The van der Waals surface area contributed by atoms with Gasteiger partial charge in [-0.25, -0.2) is 0 Å². The van der Waals surface area contributed by atoms with Crippen LogP contribution >= 0.6 is 0 Å². The molecule has 6 heteroatoms. The molecular formula is C13H15N3O3. The summed E-state index contributed by atoms with van der Waals surface area (Å²) in [5, 5.41) is 16.5. The third-order valence-electron chi connectivity index (χ3n) is 3.29. The first-order valence-electron chi connectivity index (χ1n) is 6.15. The van der Waals surface area contributed by atoms with Crippen LogP contribution in [0.5, 0.6) is 5.75 Å². The molecule has 3 rings (SSSR count). The van der Waals surface area contributed by atoms with Gasteiger partial charge in [-0.2, -0.15) is 4.98 Å². The summed E-state index contributed by atoms with van der Waals surface area (Å²) in [6.07, 6.45) is 1.02. The van der Waals surface area contributed by atoms with E-state index < -0.39 is 0 Å². The highest BCUT2D eigenvalue weighted by molar-refractivity contribution is 5.55. The lowest BCUT2D eigenvalue weighted by atomic mass is 10.2. The van der Waals surface area contributed by atoms with Crippen molar-refractivity contribution in [1.82, 2.24) is 15.5 Å². The number of hydrogen-bond donors (Lipinski definition) is 2. The van der Waals surface area contributed by atoms with Crippen molar-refractivity contribution in [3.63, 3.8) is 0 Å². The van der Waals surface area contributed by atoms with E-state index in [9.17, 15) is 5.11 Å². The molecule has 1 aliphatic rings. The van der Waals surface area contributed by atoms with Crippen molar-refractivity contribution < 1.29 is 14.4 Å². The molecule has 1 saturated heterocycles. The van der Waals surface area contributed by atoms with Crippen molar-refractivity contribution in [3.05, 3.63) is 30.2 Å². The van der Waals surface area contributed by atoms with Crippen molar-refractivity contribution in [3.8, 4) is 17.1 Å². The number of benzene rings is 1. The van der Waals surface area contributed by atoms with E-state index in [1.807, 2.05) is 0 Å². The van der Waals surface area contributed by atoms with Crippen molar-refractivity contribution in [1.29, 1.82) is 0 Å². The molecule has 2 heterocycles. The van der Waals surface area contributed by atoms with E-state index in [2.05, 4.69) is 15.5 Å². The number of ether oxygens (including phenoxy) is 1. The van der Waals surface area contributed by atoms with Gasteiger partial charge in [0.25, 0.3) is 0 Å². The van der Waals surface area contributed by atoms with Gasteiger partial charge >= 0.3 is 0 Å². The number of methoxy groups -OCH3 is 1. The number of hydrogen-bond acceptors (Lipinski definition) is 6. The monoisotopic (exact) mass is 261 g/mol. The minimum atomic E-state index is 0.0447. The Labute approximate surface area is 110 Å². The lowest BCUT2D eigenvalue weighted by Gasteiger charge is -2.04. The maximum absolute atomic E-state index is 9.25. The first kappa shape index (κ1) is 12.1. The summed E-state index contributed by atoms with van der Waals surface area (Å²) in [5.41, 5.74) is 0.814. The molecule has 0 unspecified atom stereocenters. The molecule has 1 aliphatic heterocycles. The summed E-state index contributed by atoms with van der Waals surface area (Å²) in [6.45, 7) is 0.790. The molecule has 0 bridgehead atoms. The first-order chi connectivity index (χ1) is 9.26. The van der Waals surface area contributed by atoms with Crippen LogP contribution in [0, 0.1) is 0 Å². The topological polar surface area (TPSA) is 80.4 Å². The Kier molecular flexibility index (Phi) is 3.18. The molecule has 2 atom stereocenters. The third kappa shape index (κ3) is 2.45. The smallest absolute Gasteiger partial charge is 0.244 e. The molecule has 1 aromatic carbocycles. The van der Waals surface area contributed by atoms with E-state index in [1.165, 1.54) is 0 Å². The van der Waals surface area contributed by atoms with Crippen molar-refractivity contribution in [2.45, 2.75) is 18.6 Å². The van der Waals surface area contributed by atoms with Crippen LogP contribution in [0.3, 0.4) is 0 Å². The average molecular weight is 261 g/mol. The Bertz CT molecular complexity index is 553. The number of nitrogens with zero attached hydrogens (tertiary/aromatic N) is 2. The van der Waals surface area contributed by atoms with Gasteiger partial charge < -0.3 is 19.7 Å². The van der Waals surface area contributed by atoms with Crippen LogP contribution in [0.4, 0.5) is 0 Å². The van der Waals surface area contributed by atoms with E-state index in [0.29, 0.717) is 11.7 Å². The number of rotatable bonds is 3. The summed E-state index contributed by atoms with van der Waals surface area (Å²) in [7, 11) is 1.70. The predicted octanol–water partition coefficient (Wildman–Crippen LogP) is 1.49. The Morgan fingerprint density at radius 1 is 1.37 bits per heavy atom. The van der Waals surface area contributed by atoms with Gasteiger partial charge in [0.05, 0.1) is 12.1 Å². The molecule has 0 spiro atoms. The quantitative estimate of drug-likeness (QED) is 0.871. The zero-order chi connectivity index (χ0) is 13.2. The Morgan fingerprint density at radius 2 is 2.16 bits per heavy atom. The van der Waals surface area contributed by atoms with Crippen molar-refractivity contribution in [2.75, 3.05) is 13.7 Å². The van der Waals surface area contributed by atoms with Gasteiger partial charge in [0.15, 0.2) is 0 Å². The van der Waals surface area contributed by atoms with Crippen LogP contribution in [-0.4, -0.2) is 35.0 Å². The van der Waals surface area contributed by atoms with Crippen LogP contribution in [0.15, 0.2) is 28.8 Å². The Hall–Kier alpha value is -1.92. The van der Waals surface area contributed by atoms with Gasteiger partial charge in [0, 0.05) is 19.2 Å². The van der Waals surface area contributed by atoms with Gasteiger partial charge in [0.1, 0.15) is 5.75 Å². The van der Waals surface area contributed by atoms with E-state index in [4.69, 9.17) is 9.26 Å². The van der Waals surface area contributed by atoms with Crippen LogP contribution in [-0.2, 0) is 4.74 Å². The number of phenolic OH excluding ortho intramolecular Hbond substituents is 1. The summed E-state index contributed by atoms with van der Waals surface area (Å²) >= 11 is 0. The summed E-state index contributed by atoms with van der Waals surface area (Å²) < 4.78 is 10.6. The van der Waals surface area contributed by atoms with Gasteiger partial charge in [-0.3, -0.25) is 0 Å². The molecule has 19 heavy (non-hydrogen) atoms. The largest absolute Gasteiger partial charge is 0.508 e. The molecule has 0 amide bonds. The molecule has 6 nitrogen and oxygen atoms in total. The van der Waals surface area contributed by atoms with Crippen molar-refractivity contribution in [2.24, 2.45) is 0 Å². The van der Waals surface area contributed by atoms with Crippen LogP contribution in [0.25, 0.3) is 11.4 Å². The predicted molar refractivity (Wildman–Crippen MR) is 67.6 cm³/mol. The number of aromatic hydroxyl groups is 1. The number of aromatic nitrogens is 2. The third-order valence-corrected chi connectivity index (χ3v) is 3.29. The average Bonchev–Trinajstić information content (AvgIpc) is 3.08. The lowest BCUT2D eigenvalue weighted by Crippen LogP contribution is -2.16. The molecule has 100 valence electrons. The summed E-state index contributed by atoms with van der Waals surface area (Å²) in [6, 6.07) is 6.75. The second-order valence-corrected chi connectivity index (χ2v) is 4.56. The maximum atomic E-state index is 9.25. The fourth-order valence-corrected chi connectivity index (χ4v) is 2.18. The molecule has 1 fully saturated rings. The van der Waals surface area contributed by atoms with Gasteiger partial charge in [0.2, 0.25) is 11.7 Å². The Morgan fingerprint density at radius 3 is 2.84 bits per heavy atom. The number of phenols is 1. The normalized spacial score (nSPS) is 22.8. The molecule has 1 aromatic heterocycles. The highest BCUT2D eigenvalue weighted by atomic mass is 16.5. The van der Waals surface area contributed by atoms with Crippen LogP contribution in [0.1, 0.15) is 18.4 Å². The fraction of sp³-hybridized carbons (Fsp3) is 0.385. The van der Waals surface area contributed by atoms with Crippen LogP contribution < -0.4 is 5.32 Å². The summed E-state index contributed by atoms with van der Waals surface area (Å²) in [5.74, 6) is 1.31. The molecule has 0 aliphatic carbocycles. The molecule has 0 saturated carbocycles. The molecule has 2 N–H and O–H groups in total. The van der Waals surface area contributed by atoms with E-state index in [1.54, 1.807) is 31.4 Å². The minimum Gasteiger partial charge on any atom is -0.508 e. The lowest BCUT2D eigenvalue weighted by molar-refractivity contribution is 0.116. The van der Waals surface area contributed by atoms with Crippen molar-refractivity contribution >= 4 is 0 Å². The van der Waals surface area contributed by atoms with Gasteiger partial charge in [-0.1, -0.05) is 5.16 Å². The van der Waals surface area contributed by atoms with Crippen LogP contribution in [0.2, 0.25) is 0 Å². The van der Waals surface area contributed by atoms with E-state index in [-0.39, 0.29) is 17.9 Å². The summed E-state index contributed by atoms with van der Waals surface area (Å²) in [4.78, 5) is 4.38. The highest BCUT2D eigenvalue weighted by Crippen LogP contribution is 2.26. The van der Waals surface area contributed by atoms with E-state index in [0.717, 1.165) is 18.5 Å². The molecular weight excluding hydrogens is 246 g/mol. The zero-order valence-corrected chi connectivity index (χ0v) is 10.5. The second kappa shape index (κ2) is 4.99.